The van der Waals surface area contributed by atoms with Gasteiger partial charge >= 0.3 is 0 Å². The van der Waals surface area contributed by atoms with Crippen LogP contribution in [0.25, 0.3) is 10.6 Å². The number of thiophene rings is 1. The third-order valence-corrected chi connectivity index (χ3v) is 5.28. The van der Waals surface area contributed by atoms with Crippen LogP contribution in [0.2, 0.25) is 0 Å². The molecule has 0 saturated heterocycles. The van der Waals surface area contributed by atoms with Crippen molar-refractivity contribution in [3.05, 3.63) is 39.3 Å². The number of aryl methyl sites for hydroxylation is 1. The Kier molecular flexibility index (Phi) is 4.32. The summed E-state index contributed by atoms with van der Waals surface area (Å²) < 4.78 is 1.93. The highest BCUT2D eigenvalue weighted by molar-refractivity contribution is 7.17. The first-order valence-corrected chi connectivity index (χ1v) is 9.08. The summed E-state index contributed by atoms with van der Waals surface area (Å²) in [5, 5.41) is 12.4. The second-order valence-corrected chi connectivity index (χ2v) is 7.39. The molecule has 1 N–H and O–H groups in total. The Morgan fingerprint density at radius 3 is 2.74 bits per heavy atom. The largest absolute Gasteiger partial charge is 0.318 e. The fourth-order valence-electron chi connectivity index (χ4n) is 2.42. The van der Waals surface area contributed by atoms with E-state index in [2.05, 4.69) is 29.2 Å². The number of anilines is 1. The summed E-state index contributed by atoms with van der Waals surface area (Å²) in [6, 6.07) is 2.26. The van der Waals surface area contributed by atoms with E-state index in [0.29, 0.717) is 4.88 Å². The van der Waals surface area contributed by atoms with Gasteiger partial charge in [-0.15, -0.1) is 11.3 Å². The van der Waals surface area contributed by atoms with Gasteiger partial charge in [0.2, 0.25) is 0 Å². The van der Waals surface area contributed by atoms with Gasteiger partial charge in [0.05, 0.1) is 23.3 Å². The quantitative estimate of drug-likeness (QED) is 0.755. The maximum absolute atomic E-state index is 12.5. The second-order valence-electron chi connectivity index (χ2n) is 5.58. The number of carbonyl (C=O) groups is 1. The predicted molar refractivity (Wildman–Crippen MR) is 95.5 cm³/mol. The molecule has 3 aromatic heterocycles. The first-order valence-electron chi connectivity index (χ1n) is 7.33. The summed E-state index contributed by atoms with van der Waals surface area (Å²) >= 11 is 3.02. The van der Waals surface area contributed by atoms with Crippen molar-refractivity contribution < 1.29 is 4.79 Å². The number of hydrogen-bond acceptors (Lipinski definition) is 5. The van der Waals surface area contributed by atoms with E-state index in [9.17, 15) is 4.79 Å². The highest BCUT2D eigenvalue weighted by Gasteiger charge is 2.18. The van der Waals surface area contributed by atoms with Gasteiger partial charge in [0, 0.05) is 17.0 Å². The number of thiazole rings is 1. The molecule has 0 aliphatic heterocycles. The molecule has 0 aromatic carbocycles. The summed E-state index contributed by atoms with van der Waals surface area (Å²) in [6.45, 7) is 8.02. The molecule has 0 saturated carbocycles. The summed E-state index contributed by atoms with van der Waals surface area (Å²) in [6.07, 6.45) is 1.63. The second kappa shape index (κ2) is 6.25. The standard InChI is InChI=1S/C16H18N4OS2/c1-9(2)20-11(4)14(10(3)19-20)18-15(21)13-7-17-16(23-13)12-5-6-22-8-12/h5-9H,1-4H3,(H,18,21). The molecule has 120 valence electrons. The Morgan fingerprint density at radius 2 is 2.13 bits per heavy atom. The van der Waals surface area contributed by atoms with E-state index in [1.807, 2.05) is 35.4 Å². The maximum atomic E-state index is 12.5. The van der Waals surface area contributed by atoms with Crippen molar-refractivity contribution >= 4 is 34.3 Å². The first-order chi connectivity index (χ1) is 11.0. The summed E-state index contributed by atoms with van der Waals surface area (Å²) in [4.78, 5) is 17.4. The third kappa shape index (κ3) is 3.07. The number of hydrogen-bond donors (Lipinski definition) is 1. The highest BCUT2D eigenvalue weighted by Crippen LogP contribution is 2.28. The van der Waals surface area contributed by atoms with Gasteiger partial charge in [-0.2, -0.15) is 16.4 Å². The lowest BCUT2D eigenvalue weighted by Crippen LogP contribution is -2.12. The van der Waals surface area contributed by atoms with Gasteiger partial charge in [-0.25, -0.2) is 4.98 Å². The van der Waals surface area contributed by atoms with Crippen molar-refractivity contribution in [1.29, 1.82) is 0 Å². The fourth-order valence-corrected chi connectivity index (χ4v) is 3.94. The van der Waals surface area contributed by atoms with Gasteiger partial charge in [0.25, 0.3) is 5.91 Å². The number of carbonyl (C=O) groups excluding carboxylic acids is 1. The van der Waals surface area contributed by atoms with Crippen molar-refractivity contribution in [2.24, 2.45) is 0 Å². The Morgan fingerprint density at radius 1 is 1.35 bits per heavy atom. The molecule has 1 amide bonds. The van der Waals surface area contributed by atoms with Crippen LogP contribution in [-0.4, -0.2) is 20.7 Å². The molecule has 3 rings (SSSR count). The third-order valence-electron chi connectivity index (χ3n) is 3.55. The van der Waals surface area contributed by atoms with Crippen LogP contribution in [0.15, 0.2) is 23.0 Å². The van der Waals surface area contributed by atoms with Crippen LogP contribution in [0, 0.1) is 13.8 Å². The van der Waals surface area contributed by atoms with Crippen molar-refractivity contribution in [1.82, 2.24) is 14.8 Å². The van der Waals surface area contributed by atoms with Crippen LogP contribution in [0.4, 0.5) is 5.69 Å². The zero-order valence-corrected chi connectivity index (χ0v) is 15.1. The van der Waals surface area contributed by atoms with Crippen molar-refractivity contribution in [3.63, 3.8) is 0 Å². The molecule has 0 fully saturated rings. The number of nitrogens with one attached hydrogen (secondary N) is 1. The van der Waals surface area contributed by atoms with E-state index in [1.54, 1.807) is 17.5 Å². The van der Waals surface area contributed by atoms with Crippen LogP contribution < -0.4 is 5.32 Å². The maximum Gasteiger partial charge on any atom is 0.267 e. The van der Waals surface area contributed by atoms with Crippen LogP contribution in [0.1, 0.15) is 40.9 Å². The van der Waals surface area contributed by atoms with Crippen molar-refractivity contribution in [3.8, 4) is 10.6 Å². The van der Waals surface area contributed by atoms with E-state index in [1.165, 1.54) is 11.3 Å². The fraction of sp³-hybridized carbons (Fsp3) is 0.312. The highest BCUT2D eigenvalue weighted by atomic mass is 32.1. The van der Waals surface area contributed by atoms with Crippen LogP contribution in [-0.2, 0) is 0 Å². The SMILES string of the molecule is Cc1nn(C(C)C)c(C)c1NC(=O)c1cnc(-c2ccsc2)s1. The average Bonchev–Trinajstić information content (AvgIpc) is 3.22. The molecule has 3 heterocycles. The predicted octanol–water partition coefficient (Wildman–Crippen LogP) is 4.52. The number of amides is 1. The first kappa shape index (κ1) is 15.9. The minimum atomic E-state index is -0.140. The molecule has 0 unspecified atom stereocenters. The number of aromatic nitrogens is 3. The molecule has 0 spiro atoms. The molecule has 0 bridgehead atoms. The Labute approximate surface area is 143 Å². The minimum absolute atomic E-state index is 0.140. The van der Waals surface area contributed by atoms with E-state index >= 15 is 0 Å². The van der Waals surface area contributed by atoms with Gasteiger partial charge in [0.1, 0.15) is 9.88 Å². The molecule has 7 heteroatoms. The Hall–Kier alpha value is -1.99. The van der Waals surface area contributed by atoms with E-state index in [-0.39, 0.29) is 11.9 Å². The smallest absolute Gasteiger partial charge is 0.267 e. The molecule has 0 aliphatic carbocycles. The summed E-state index contributed by atoms with van der Waals surface area (Å²) in [5.74, 6) is -0.140. The molecule has 5 nitrogen and oxygen atoms in total. The molecule has 0 radical (unpaired) electrons. The lowest BCUT2D eigenvalue weighted by Gasteiger charge is -2.08. The summed E-state index contributed by atoms with van der Waals surface area (Å²) in [5.41, 5.74) is 3.63. The Balaban J connectivity index is 1.83. The van der Waals surface area contributed by atoms with Crippen molar-refractivity contribution in [2.45, 2.75) is 33.7 Å². The van der Waals surface area contributed by atoms with Crippen LogP contribution >= 0.6 is 22.7 Å². The lowest BCUT2D eigenvalue weighted by molar-refractivity contribution is 0.103. The molecule has 23 heavy (non-hydrogen) atoms. The van der Waals surface area contributed by atoms with Gasteiger partial charge in [-0.1, -0.05) is 0 Å². The number of nitrogens with zero attached hydrogens (tertiary/aromatic N) is 3. The normalized spacial score (nSPS) is 11.2. The minimum Gasteiger partial charge on any atom is -0.318 e. The molecule has 0 aliphatic rings. The van der Waals surface area contributed by atoms with Crippen LogP contribution in [0.3, 0.4) is 0 Å². The molecular weight excluding hydrogens is 328 g/mol. The zero-order chi connectivity index (χ0) is 16.6. The summed E-state index contributed by atoms with van der Waals surface area (Å²) in [7, 11) is 0. The molecular formula is C16H18N4OS2. The number of rotatable bonds is 4. The monoisotopic (exact) mass is 346 g/mol. The molecule has 3 aromatic rings. The van der Waals surface area contributed by atoms with Gasteiger partial charge in [-0.05, 0) is 39.1 Å². The van der Waals surface area contributed by atoms with Crippen LogP contribution in [0.5, 0.6) is 0 Å². The van der Waals surface area contributed by atoms with E-state index in [4.69, 9.17) is 0 Å². The average molecular weight is 346 g/mol. The molecule has 0 atom stereocenters. The van der Waals surface area contributed by atoms with E-state index in [0.717, 1.165) is 27.6 Å². The van der Waals surface area contributed by atoms with Gasteiger partial charge in [-0.3, -0.25) is 9.48 Å². The van der Waals surface area contributed by atoms with Gasteiger partial charge in [0.15, 0.2) is 0 Å². The topological polar surface area (TPSA) is 59.8 Å². The van der Waals surface area contributed by atoms with Crippen molar-refractivity contribution in [2.75, 3.05) is 5.32 Å². The lowest BCUT2D eigenvalue weighted by atomic mass is 10.3. The Bertz CT molecular complexity index is 831. The zero-order valence-electron chi connectivity index (χ0n) is 13.5. The van der Waals surface area contributed by atoms with E-state index < -0.39 is 0 Å². The van der Waals surface area contributed by atoms with Gasteiger partial charge < -0.3 is 5.32 Å².